The molecule has 1 heterocycles. The third kappa shape index (κ3) is 3.80. The molecule has 0 fully saturated rings. The lowest BCUT2D eigenvalue weighted by atomic mass is 10.00. The van der Waals surface area contributed by atoms with E-state index >= 15 is 0 Å². The predicted octanol–water partition coefficient (Wildman–Crippen LogP) is 6.68. The summed E-state index contributed by atoms with van der Waals surface area (Å²) in [5.74, 6) is 0. The highest BCUT2D eigenvalue weighted by Gasteiger charge is 2.08. The minimum absolute atomic E-state index is 1.01. The highest BCUT2D eigenvalue weighted by Crippen LogP contribution is 2.33. The zero-order valence-corrected chi connectivity index (χ0v) is 14.6. The summed E-state index contributed by atoms with van der Waals surface area (Å²) in [5, 5.41) is 0. The molecule has 0 aliphatic carbocycles. The van der Waals surface area contributed by atoms with E-state index in [2.05, 4.69) is 81.1 Å². The molecule has 23 heavy (non-hydrogen) atoms. The third-order valence-electron chi connectivity index (χ3n) is 4.16. The monoisotopic (exact) mass is 318 g/mol. The molecular formula is C22H22S. The van der Waals surface area contributed by atoms with Crippen LogP contribution in [-0.4, -0.2) is 0 Å². The number of allylic oxidation sites excluding steroid dienone is 1. The minimum atomic E-state index is 1.01. The average Bonchev–Trinajstić information content (AvgIpc) is 2.94. The second kappa shape index (κ2) is 6.97. The molecule has 0 unspecified atom stereocenters. The Morgan fingerprint density at radius 2 is 1.74 bits per heavy atom. The molecule has 0 radical (unpaired) electrons. The summed E-state index contributed by atoms with van der Waals surface area (Å²) in [6.45, 7) is 8.63. The number of thiophene rings is 1. The molecule has 0 amide bonds. The molecule has 0 aliphatic rings. The van der Waals surface area contributed by atoms with E-state index in [-0.39, 0.29) is 0 Å². The van der Waals surface area contributed by atoms with Gasteiger partial charge in [0.15, 0.2) is 0 Å². The van der Waals surface area contributed by atoms with Crippen molar-refractivity contribution in [1.82, 2.24) is 0 Å². The summed E-state index contributed by atoms with van der Waals surface area (Å²) >= 11 is 1.91. The summed E-state index contributed by atoms with van der Waals surface area (Å²) in [5.41, 5.74) is 6.49. The van der Waals surface area contributed by atoms with Crippen LogP contribution in [0.5, 0.6) is 0 Å². The van der Waals surface area contributed by atoms with Gasteiger partial charge in [-0.05, 0) is 55.0 Å². The summed E-state index contributed by atoms with van der Waals surface area (Å²) in [4.78, 5) is 2.83. The predicted molar refractivity (Wildman–Crippen MR) is 103 cm³/mol. The largest absolute Gasteiger partial charge is 0.140 e. The van der Waals surface area contributed by atoms with E-state index in [0.29, 0.717) is 0 Å². The molecule has 0 N–H and O–H groups in total. The third-order valence-corrected chi connectivity index (χ3v) is 5.51. The molecule has 116 valence electrons. The van der Waals surface area contributed by atoms with Crippen LogP contribution in [-0.2, 0) is 6.42 Å². The van der Waals surface area contributed by atoms with Gasteiger partial charge in [-0.1, -0.05) is 66.7 Å². The molecule has 0 spiro atoms. The van der Waals surface area contributed by atoms with Crippen molar-refractivity contribution in [3.05, 3.63) is 88.8 Å². The average molecular weight is 318 g/mol. The first-order chi connectivity index (χ1) is 11.1. The SMILES string of the molecule is C=C(CCc1sc(-c2ccccc2)cc1C)c1cccc(C)c1. The Balaban J connectivity index is 1.71. The number of rotatable bonds is 5. The standard InChI is InChI=1S/C22H22S/c1-16-8-7-11-20(14-16)17(2)12-13-21-18(3)15-22(23-21)19-9-5-4-6-10-19/h4-11,14-15H,2,12-13H2,1,3H3. The van der Waals surface area contributed by atoms with Crippen LogP contribution in [0.3, 0.4) is 0 Å². The van der Waals surface area contributed by atoms with Crippen LogP contribution in [0.15, 0.2) is 67.2 Å². The fraction of sp³-hybridized carbons (Fsp3) is 0.182. The summed E-state index contributed by atoms with van der Waals surface area (Å²) in [7, 11) is 0. The Kier molecular flexibility index (Phi) is 4.78. The lowest BCUT2D eigenvalue weighted by Gasteiger charge is -2.06. The van der Waals surface area contributed by atoms with Crippen molar-refractivity contribution in [1.29, 1.82) is 0 Å². The minimum Gasteiger partial charge on any atom is -0.140 e. The Bertz CT molecular complexity index is 809. The van der Waals surface area contributed by atoms with Gasteiger partial charge in [0.2, 0.25) is 0 Å². The van der Waals surface area contributed by atoms with Gasteiger partial charge in [-0.25, -0.2) is 0 Å². The van der Waals surface area contributed by atoms with E-state index in [0.717, 1.165) is 12.8 Å². The lowest BCUT2D eigenvalue weighted by molar-refractivity contribution is 1.03. The van der Waals surface area contributed by atoms with Crippen LogP contribution in [0.2, 0.25) is 0 Å². The van der Waals surface area contributed by atoms with Crippen molar-refractivity contribution >= 4 is 16.9 Å². The van der Waals surface area contributed by atoms with Gasteiger partial charge >= 0.3 is 0 Å². The van der Waals surface area contributed by atoms with Gasteiger partial charge < -0.3 is 0 Å². The fourth-order valence-corrected chi connectivity index (χ4v) is 3.97. The van der Waals surface area contributed by atoms with Crippen molar-refractivity contribution in [3.8, 4) is 10.4 Å². The van der Waals surface area contributed by atoms with E-state index in [1.54, 1.807) is 0 Å². The zero-order valence-electron chi connectivity index (χ0n) is 13.8. The number of benzene rings is 2. The molecule has 1 aromatic heterocycles. The molecule has 3 aromatic rings. The zero-order chi connectivity index (χ0) is 16.2. The molecule has 1 heteroatoms. The topological polar surface area (TPSA) is 0 Å². The summed E-state index contributed by atoms with van der Waals surface area (Å²) in [6, 6.07) is 21.6. The van der Waals surface area contributed by atoms with Gasteiger partial charge in [0.05, 0.1) is 0 Å². The maximum Gasteiger partial charge on any atom is 0.0348 e. The first-order valence-electron chi connectivity index (χ1n) is 8.03. The highest BCUT2D eigenvalue weighted by molar-refractivity contribution is 7.15. The Hall–Kier alpha value is -2.12. The normalized spacial score (nSPS) is 10.7. The highest BCUT2D eigenvalue weighted by atomic mass is 32.1. The van der Waals surface area contributed by atoms with Crippen LogP contribution in [0.1, 0.15) is 28.0 Å². The van der Waals surface area contributed by atoms with Gasteiger partial charge in [0, 0.05) is 9.75 Å². The van der Waals surface area contributed by atoms with Crippen LogP contribution in [0, 0.1) is 13.8 Å². The molecule has 2 aromatic carbocycles. The van der Waals surface area contributed by atoms with Crippen molar-refractivity contribution in [2.75, 3.05) is 0 Å². The number of hydrogen-bond donors (Lipinski definition) is 0. The van der Waals surface area contributed by atoms with Crippen LogP contribution in [0.25, 0.3) is 16.0 Å². The van der Waals surface area contributed by atoms with Crippen molar-refractivity contribution < 1.29 is 0 Å². The molecule has 0 bridgehead atoms. The van der Waals surface area contributed by atoms with Crippen LogP contribution in [0.4, 0.5) is 0 Å². The maximum absolute atomic E-state index is 4.28. The lowest BCUT2D eigenvalue weighted by Crippen LogP contribution is -1.88. The van der Waals surface area contributed by atoms with Gasteiger partial charge in [0.25, 0.3) is 0 Å². The van der Waals surface area contributed by atoms with Gasteiger partial charge in [-0.15, -0.1) is 11.3 Å². The van der Waals surface area contributed by atoms with Gasteiger partial charge in [-0.3, -0.25) is 0 Å². The first-order valence-corrected chi connectivity index (χ1v) is 8.84. The fourth-order valence-electron chi connectivity index (χ4n) is 2.79. The van der Waals surface area contributed by atoms with Gasteiger partial charge in [0.1, 0.15) is 0 Å². The summed E-state index contributed by atoms with van der Waals surface area (Å²) < 4.78 is 0. The van der Waals surface area contributed by atoms with Crippen molar-refractivity contribution in [2.24, 2.45) is 0 Å². The number of hydrogen-bond acceptors (Lipinski definition) is 1. The van der Waals surface area contributed by atoms with Gasteiger partial charge in [-0.2, -0.15) is 0 Å². The molecule has 0 nitrogen and oxygen atoms in total. The maximum atomic E-state index is 4.28. The van der Waals surface area contributed by atoms with Crippen LogP contribution >= 0.6 is 11.3 Å². The molecule has 0 saturated heterocycles. The molecule has 0 aliphatic heterocycles. The summed E-state index contributed by atoms with van der Waals surface area (Å²) in [6.07, 6.45) is 2.08. The first kappa shape index (κ1) is 15.8. The second-order valence-electron chi connectivity index (χ2n) is 6.06. The second-order valence-corrected chi connectivity index (χ2v) is 7.19. The molecule has 3 rings (SSSR count). The van der Waals surface area contributed by atoms with E-state index in [4.69, 9.17) is 0 Å². The number of aryl methyl sites for hydroxylation is 3. The molecular weight excluding hydrogens is 296 g/mol. The Morgan fingerprint density at radius 3 is 2.48 bits per heavy atom. The Morgan fingerprint density at radius 1 is 0.957 bits per heavy atom. The van der Waals surface area contributed by atoms with E-state index in [1.807, 2.05) is 11.3 Å². The van der Waals surface area contributed by atoms with E-state index < -0.39 is 0 Å². The molecule has 0 saturated carbocycles. The quantitative estimate of drug-likeness (QED) is 0.492. The Labute approximate surface area is 143 Å². The van der Waals surface area contributed by atoms with Crippen molar-refractivity contribution in [2.45, 2.75) is 26.7 Å². The van der Waals surface area contributed by atoms with E-state index in [9.17, 15) is 0 Å². The van der Waals surface area contributed by atoms with Crippen LogP contribution < -0.4 is 0 Å². The smallest absolute Gasteiger partial charge is 0.0348 e. The van der Waals surface area contributed by atoms with Crippen molar-refractivity contribution in [3.63, 3.8) is 0 Å². The van der Waals surface area contributed by atoms with E-state index in [1.165, 1.54) is 37.6 Å². The molecule has 0 atom stereocenters.